The maximum Gasteiger partial charge on any atom is 0.149 e. The molecular formula is C11H19N3. The average molecular weight is 193 g/mol. The van der Waals surface area contributed by atoms with Crippen LogP contribution in [0.15, 0.2) is 18.3 Å². The molecule has 0 aliphatic rings. The predicted octanol–water partition coefficient (Wildman–Crippen LogP) is 2.65. The number of nitrogens with zero attached hydrogens (tertiary/aromatic N) is 1. The smallest absolute Gasteiger partial charge is 0.149 e. The lowest BCUT2D eigenvalue weighted by Crippen LogP contribution is -2.31. The van der Waals surface area contributed by atoms with Crippen molar-refractivity contribution in [3.63, 3.8) is 0 Å². The van der Waals surface area contributed by atoms with Crippen LogP contribution in [0.3, 0.4) is 0 Å². The molecule has 0 atom stereocenters. The van der Waals surface area contributed by atoms with E-state index < -0.39 is 0 Å². The van der Waals surface area contributed by atoms with Gasteiger partial charge in [-0.15, -0.1) is 0 Å². The summed E-state index contributed by atoms with van der Waals surface area (Å²) in [6.07, 6.45) is 4.00. The number of nitrogens with one attached hydrogen (secondary N) is 1. The second-order valence-corrected chi connectivity index (χ2v) is 4.20. The van der Waals surface area contributed by atoms with Crippen molar-refractivity contribution in [2.24, 2.45) is 0 Å². The van der Waals surface area contributed by atoms with Gasteiger partial charge in [0.2, 0.25) is 0 Å². The van der Waals surface area contributed by atoms with Crippen molar-refractivity contribution in [2.75, 3.05) is 11.1 Å². The fraction of sp³-hybridized carbons (Fsp3) is 0.545. The van der Waals surface area contributed by atoms with Crippen LogP contribution < -0.4 is 11.1 Å². The zero-order chi connectivity index (χ0) is 10.6. The van der Waals surface area contributed by atoms with Crippen LogP contribution in [0, 0.1) is 0 Å². The van der Waals surface area contributed by atoms with Crippen LogP contribution in [0.5, 0.6) is 0 Å². The Morgan fingerprint density at radius 2 is 2.21 bits per heavy atom. The molecule has 0 aromatic carbocycles. The molecule has 0 aliphatic carbocycles. The van der Waals surface area contributed by atoms with E-state index in [1.165, 1.54) is 0 Å². The van der Waals surface area contributed by atoms with E-state index in [9.17, 15) is 0 Å². The van der Waals surface area contributed by atoms with Crippen molar-refractivity contribution in [3.05, 3.63) is 18.3 Å². The number of aromatic nitrogens is 1. The minimum Gasteiger partial charge on any atom is -0.396 e. The third-order valence-corrected chi connectivity index (χ3v) is 2.17. The number of nitrogen functional groups attached to an aromatic ring is 1. The minimum absolute atomic E-state index is 0.0528. The molecule has 0 saturated heterocycles. The molecule has 0 bridgehead atoms. The van der Waals surface area contributed by atoms with Gasteiger partial charge in [-0.1, -0.05) is 13.3 Å². The van der Waals surface area contributed by atoms with E-state index in [2.05, 4.69) is 31.1 Å². The van der Waals surface area contributed by atoms with Crippen molar-refractivity contribution in [3.8, 4) is 0 Å². The first-order valence-corrected chi connectivity index (χ1v) is 5.04. The van der Waals surface area contributed by atoms with E-state index in [1.807, 2.05) is 12.1 Å². The average Bonchev–Trinajstić information content (AvgIpc) is 2.08. The first-order valence-electron chi connectivity index (χ1n) is 5.04. The summed E-state index contributed by atoms with van der Waals surface area (Å²) in [6, 6.07) is 3.70. The maximum absolute atomic E-state index is 5.80. The Hall–Kier alpha value is -1.25. The zero-order valence-corrected chi connectivity index (χ0v) is 9.17. The molecule has 0 spiro atoms. The van der Waals surface area contributed by atoms with Crippen LogP contribution in [-0.4, -0.2) is 10.5 Å². The number of hydrogen-bond donors (Lipinski definition) is 2. The molecule has 1 aromatic heterocycles. The fourth-order valence-electron chi connectivity index (χ4n) is 1.53. The lowest BCUT2D eigenvalue weighted by Gasteiger charge is -2.26. The van der Waals surface area contributed by atoms with Gasteiger partial charge >= 0.3 is 0 Å². The molecule has 3 heteroatoms. The molecule has 78 valence electrons. The molecule has 0 fully saturated rings. The molecular weight excluding hydrogens is 174 g/mol. The van der Waals surface area contributed by atoms with Crippen molar-refractivity contribution < 1.29 is 0 Å². The molecule has 0 amide bonds. The van der Waals surface area contributed by atoms with Crippen LogP contribution in [0.25, 0.3) is 0 Å². The van der Waals surface area contributed by atoms with Gasteiger partial charge in [-0.3, -0.25) is 0 Å². The highest BCUT2D eigenvalue weighted by Gasteiger charge is 2.17. The number of rotatable bonds is 4. The summed E-state index contributed by atoms with van der Waals surface area (Å²) in [5, 5.41) is 3.35. The second-order valence-electron chi connectivity index (χ2n) is 4.20. The third-order valence-electron chi connectivity index (χ3n) is 2.17. The van der Waals surface area contributed by atoms with Gasteiger partial charge in [0, 0.05) is 11.7 Å². The van der Waals surface area contributed by atoms with Crippen molar-refractivity contribution >= 4 is 11.5 Å². The van der Waals surface area contributed by atoms with Crippen LogP contribution in [0.4, 0.5) is 11.5 Å². The van der Waals surface area contributed by atoms with Crippen LogP contribution in [0.2, 0.25) is 0 Å². The van der Waals surface area contributed by atoms with Gasteiger partial charge in [0.1, 0.15) is 5.82 Å². The summed E-state index contributed by atoms with van der Waals surface area (Å²) in [6.45, 7) is 6.49. The zero-order valence-electron chi connectivity index (χ0n) is 9.17. The summed E-state index contributed by atoms with van der Waals surface area (Å²) in [7, 11) is 0. The Labute approximate surface area is 85.7 Å². The highest BCUT2D eigenvalue weighted by Crippen LogP contribution is 2.21. The summed E-state index contributed by atoms with van der Waals surface area (Å²) in [5.41, 5.74) is 6.56. The van der Waals surface area contributed by atoms with Crippen LogP contribution >= 0.6 is 0 Å². The first-order chi connectivity index (χ1) is 6.55. The van der Waals surface area contributed by atoms with Crippen LogP contribution in [0.1, 0.15) is 33.6 Å². The lowest BCUT2D eigenvalue weighted by molar-refractivity contribution is 0.509. The number of nitrogens with two attached hydrogens (primary N) is 1. The van der Waals surface area contributed by atoms with Crippen LogP contribution in [-0.2, 0) is 0 Å². The minimum atomic E-state index is 0.0528. The highest BCUT2D eigenvalue weighted by atomic mass is 15.1. The fourth-order valence-corrected chi connectivity index (χ4v) is 1.53. The lowest BCUT2D eigenvalue weighted by atomic mass is 9.99. The second kappa shape index (κ2) is 4.31. The van der Waals surface area contributed by atoms with E-state index >= 15 is 0 Å². The molecule has 0 saturated carbocycles. The Morgan fingerprint density at radius 3 is 2.79 bits per heavy atom. The predicted molar refractivity (Wildman–Crippen MR) is 61.3 cm³/mol. The van der Waals surface area contributed by atoms with Crippen molar-refractivity contribution in [1.82, 2.24) is 4.98 Å². The Bertz CT molecular complexity index is 294. The van der Waals surface area contributed by atoms with E-state index in [-0.39, 0.29) is 5.54 Å². The molecule has 0 unspecified atom stereocenters. The molecule has 0 aliphatic heterocycles. The van der Waals surface area contributed by atoms with Crippen molar-refractivity contribution in [1.29, 1.82) is 0 Å². The first kappa shape index (κ1) is 10.8. The highest BCUT2D eigenvalue weighted by molar-refractivity contribution is 5.61. The Kier molecular flexibility index (Phi) is 3.33. The van der Waals surface area contributed by atoms with Gasteiger partial charge in [0.25, 0.3) is 0 Å². The number of anilines is 2. The molecule has 3 nitrogen and oxygen atoms in total. The quantitative estimate of drug-likeness (QED) is 0.773. The molecule has 1 aromatic rings. The standard InChI is InChI=1S/C11H19N3/c1-4-7-11(2,3)14-10-9(12)6-5-8-13-10/h5-6,8H,4,7,12H2,1-3H3,(H,13,14). The summed E-state index contributed by atoms with van der Waals surface area (Å²) in [4.78, 5) is 4.21. The molecule has 3 N–H and O–H groups in total. The summed E-state index contributed by atoms with van der Waals surface area (Å²) in [5.74, 6) is 0.783. The van der Waals surface area contributed by atoms with Crippen molar-refractivity contribution in [2.45, 2.75) is 39.2 Å². The topological polar surface area (TPSA) is 50.9 Å². The maximum atomic E-state index is 5.80. The molecule has 1 rings (SSSR count). The molecule has 14 heavy (non-hydrogen) atoms. The van der Waals surface area contributed by atoms with E-state index in [0.29, 0.717) is 5.69 Å². The largest absolute Gasteiger partial charge is 0.396 e. The van der Waals surface area contributed by atoms with E-state index in [4.69, 9.17) is 5.73 Å². The van der Waals surface area contributed by atoms with E-state index in [0.717, 1.165) is 18.7 Å². The summed E-state index contributed by atoms with van der Waals surface area (Å²) < 4.78 is 0. The van der Waals surface area contributed by atoms with Gasteiger partial charge in [0.15, 0.2) is 0 Å². The van der Waals surface area contributed by atoms with Gasteiger partial charge < -0.3 is 11.1 Å². The Balaban J connectivity index is 2.73. The third kappa shape index (κ3) is 2.91. The van der Waals surface area contributed by atoms with Gasteiger partial charge in [-0.25, -0.2) is 4.98 Å². The molecule has 1 heterocycles. The van der Waals surface area contributed by atoms with Gasteiger partial charge in [-0.05, 0) is 32.4 Å². The Morgan fingerprint density at radius 1 is 1.50 bits per heavy atom. The summed E-state index contributed by atoms with van der Waals surface area (Å²) >= 11 is 0. The van der Waals surface area contributed by atoms with E-state index in [1.54, 1.807) is 6.20 Å². The molecule has 0 radical (unpaired) electrons. The van der Waals surface area contributed by atoms with Gasteiger partial charge in [-0.2, -0.15) is 0 Å². The monoisotopic (exact) mass is 193 g/mol. The van der Waals surface area contributed by atoms with Gasteiger partial charge in [0.05, 0.1) is 5.69 Å². The normalized spacial score (nSPS) is 11.4. The number of pyridine rings is 1. The SMILES string of the molecule is CCCC(C)(C)Nc1ncccc1N. The number of hydrogen-bond acceptors (Lipinski definition) is 3.